The summed E-state index contributed by atoms with van der Waals surface area (Å²) in [6.45, 7) is 6.66. The summed E-state index contributed by atoms with van der Waals surface area (Å²) >= 11 is 0. The number of unbranched alkanes of at least 4 members (excludes halogenated alkanes) is 4. The third kappa shape index (κ3) is 8.17. The summed E-state index contributed by atoms with van der Waals surface area (Å²) in [5, 5.41) is 9.76. The van der Waals surface area contributed by atoms with E-state index in [2.05, 4.69) is 39.8 Å². The summed E-state index contributed by atoms with van der Waals surface area (Å²) in [5.74, 6) is 1.75. The molecule has 1 aliphatic heterocycles. The van der Waals surface area contributed by atoms with E-state index in [0.29, 0.717) is 6.04 Å². The van der Waals surface area contributed by atoms with Crippen LogP contribution in [0.15, 0.2) is 12.4 Å². The second-order valence-electron chi connectivity index (χ2n) is 5.77. The van der Waals surface area contributed by atoms with Crippen LogP contribution in [0.5, 0.6) is 0 Å². The number of anilines is 2. The van der Waals surface area contributed by atoms with Crippen molar-refractivity contribution in [1.82, 2.24) is 15.3 Å². The minimum atomic E-state index is 0.533. The molecule has 22 heavy (non-hydrogen) atoms. The van der Waals surface area contributed by atoms with Crippen LogP contribution in [-0.4, -0.2) is 36.1 Å². The third-order valence-corrected chi connectivity index (χ3v) is 3.82. The number of piperidine rings is 1. The van der Waals surface area contributed by atoms with Gasteiger partial charge in [-0.15, -0.1) is 0 Å². The van der Waals surface area contributed by atoms with Crippen LogP contribution in [0.1, 0.15) is 58.8 Å². The van der Waals surface area contributed by atoms with Crippen molar-refractivity contribution in [2.24, 2.45) is 0 Å². The highest BCUT2D eigenvalue weighted by Gasteiger charge is 2.12. The molecule has 0 amide bonds. The summed E-state index contributed by atoms with van der Waals surface area (Å²) in [5.41, 5.74) is 0. The van der Waals surface area contributed by atoms with Gasteiger partial charge in [-0.25, -0.2) is 9.97 Å². The van der Waals surface area contributed by atoms with Crippen LogP contribution in [-0.2, 0) is 0 Å². The second kappa shape index (κ2) is 12.2. The summed E-state index contributed by atoms with van der Waals surface area (Å²) in [6.07, 6.45) is 10.9. The number of aromatic nitrogens is 2. The summed E-state index contributed by atoms with van der Waals surface area (Å²) < 4.78 is 0. The monoisotopic (exact) mass is 307 g/mol. The molecule has 5 nitrogen and oxygen atoms in total. The SMILES string of the molecule is CCCCCCC.CNc1cc(NC2CCNCC2)ncn1. The zero-order valence-electron chi connectivity index (χ0n) is 14.5. The number of nitrogens with zero attached hydrogens (tertiary/aromatic N) is 2. The minimum absolute atomic E-state index is 0.533. The van der Waals surface area contributed by atoms with Crippen molar-refractivity contribution in [3.63, 3.8) is 0 Å². The molecule has 0 bridgehead atoms. The van der Waals surface area contributed by atoms with Crippen molar-refractivity contribution in [3.8, 4) is 0 Å². The molecule has 0 aliphatic carbocycles. The summed E-state index contributed by atoms with van der Waals surface area (Å²) in [4.78, 5) is 8.28. The van der Waals surface area contributed by atoms with Crippen molar-refractivity contribution < 1.29 is 0 Å². The maximum absolute atomic E-state index is 4.20. The highest BCUT2D eigenvalue weighted by atomic mass is 15.1. The van der Waals surface area contributed by atoms with Crippen LogP contribution >= 0.6 is 0 Å². The first-order chi connectivity index (χ1) is 10.8. The van der Waals surface area contributed by atoms with E-state index in [9.17, 15) is 0 Å². The van der Waals surface area contributed by atoms with Gasteiger partial charge in [-0.2, -0.15) is 0 Å². The fourth-order valence-corrected chi connectivity index (χ4v) is 2.43. The Bertz CT molecular complexity index is 373. The van der Waals surface area contributed by atoms with E-state index in [-0.39, 0.29) is 0 Å². The first kappa shape index (κ1) is 18.7. The largest absolute Gasteiger partial charge is 0.373 e. The Morgan fingerprint density at radius 3 is 2.27 bits per heavy atom. The average molecular weight is 307 g/mol. The summed E-state index contributed by atoms with van der Waals surface area (Å²) in [7, 11) is 1.86. The highest BCUT2D eigenvalue weighted by Crippen LogP contribution is 2.12. The van der Waals surface area contributed by atoms with Crippen LogP contribution in [0, 0.1) is 0 Å². The van der Waals surface area contributed by atoms with Crippen LogP contribution in [0.3, 0.4) is 0 Å². The van der Waals surface area contributed by atoms with Crippen molar-refractivity contribution in [1.29, 1.82) is 0 Å². The number of rotatable bonds is 7. The Morgan fingerprint density at radius 2 is 1.68 bits per heavy atom. The predicted molar refractivity (Wildman–Crippen MR) is 95.5 cm³/mol. The van der Waals surface area contributed by atoms with E-state index < -0.39 is 0 Å². The average Bonchev–Trinajstić information content (AvgIpc) is 2.57. The van der Waals surface area contributed by atoms with Crippen molar-refractivity contribution >= 4 is 11.6 Å². The first-order valence-electron chi connectivity index (χ1n) is 8.77. The van der Waals surface area contributed by atoms with Gasteiger partial charge in [0.1, 0.15) is 18.0 Å². The Morgan fingerprint density at radius 1 is 1.05 bits per heavy atom. The Labute approximate surface area is 135 Å². The molecule has 5 heteroatoms. The maximum Gasteiger partial charge on any atom is 0.131 e. The molecule has 0 aromatic carbocycles. The zero-order valence-corrected chi connectivity index (χ0v) is 14.5. The molecule has 1 fully saturated rings. The molecule has 1 saturated heterocycles. The van der Waals surface area contributed by atoms with Crippen molar-refractivity contribution in [2.75, 3.05) is 30.8 Å². The lowest BCUT2D eigenvalue weighted by Gasteiger charge is -2.24. The molecule has 1 aliphatic rings. The molecule has 0 unspecified atom stereocenters. The lowest BCUT2D eigenvalue weighted by atomic mass is 10.1. The van der Waals surface area contributed by atoms with E-state index in [1.165, 1.54) is 32.1 Å². The van der Waals surface area contributed by atoms with Gasteiger partial charge in [0.15, 0.2) is 0 Å². The third-order valence-electron chi connectivity index (χ3n) is 3.82. The molecule has 1 aromatic heterocycles. The zero-order chi connectivity index (χ0) is 16.0. The van der Waals surface area contributed by atoms with Gasteiger partial charge in [0.2, 0.25) is 0 Å². The lowest BCUT2D eigenvalue weighted by molar-refractivity contribution is 0.478. The topological polar surface area (TPSA) is 61.9 Å². The van der Waals surface area contributed by atoms with E-state index in [0.717, 1.165) is 37.6 Å². The normalized spacial score (nSPS) is 14.9. The lowest BCUT2D eigenvalue weighted by Crippen LogP contribution is -2.35. The van der Waals surface area contributed by atoms with Gasteiger partial charge in [-0.3, -0.25) is 0 Å². The smallest absolute Gasteiger partial charge is 0.131 e. The second-order valence-corrected chi connectivity index (χ2v) is 5.77. The highest BCUT2D eigenvalue weighted by molar-refractivity contribution is 5.46. The Kier molecular flexibility index (Phi) is 10.4. The van der Waals surface area contributed by atoms with E-state index in [1.807, 2.05) is 13.1 Å². The first-order valence-corrected chi connectivity index (χ1v) is 8.77. The van der Waals surface area contributed by atoms with Crippen LogP contribution in [0.25, 0.3) is 0 Å². The standard InChI is InChI=1S/C10H17N5.C7H16/c1-11-9-6-10(14-7-13-9)15-8-2-4-12-5-3-8;1-3-5-7-6-4-2/h6-8,12H,2-5H2,1H3,(H2,11,13,14,15);3-7H2,1-2H3. The van der Waals surface area contributed by atoms with Gasteiger partial charge in [0.05, 0.1) is 0 Å². The van der Waals surface area contributed by atoms with Crippen LogP contribution in [0.2, 0.25) is 0 Å². The van der Waals surface area contributed by atoms with Crippen molar-refractivity contribution in [2.45, 2.75) is 64.8 Å². The molecule has 0 saturated carbocycles. The van der Waals surface area contributed by atoms with Crippen molar-refractivity contribution in [3.05, 3.63) is 12.4 Å². The molecular formula is C17H33N5. The van der Waals surface area contributed by atoms with Gasteiger partial charge in [0, 0.05) is 19.2 Å². The number of nitrogens with one attached hydrogen (secondary N) is 3. The number of hydrogen-bond acceptors (Lipinski definition) is 5. The molecule has 0 radical (unpaired) electrons. The van der Waals surface area contributed by atoms with E-state index in [4.69, 9.17) is 0 Å². The number of hydrogen-bond donors (Lipinski definition) is 3. The van der Waals surface area contributed by atoms with Gasteiger partial charge < -0.3 is 16.0 Å². The fraction of sp³-hybridized carbons (Fsp3) is 0.765. The van der Waals surface area contributed by atoms with Gasteiger partial charge in [0.25, 0.3) is 0 Å². The Hall–Kier alpha value is -1.36. The molecular weight excluding hydrogens is 274 g/mol. The fourth-order valence-electron chi connectivity index (χ4n) is 2.43. The van der Waals surface area contributed by atoms with E-state index in [1.54, 1.807) is 6.33 Å². The molecule has 2 rings (SSSR count). The summed E-state index contributed by atoms with van der Waals surface area (Å²) in [6, 6.07) is 2.47. The molecule has 0 atom stereocenters. The van der Waals surface area contributed by atoms with Gasteiger partial charge in [-0.05, 0) is 25.9 Å². The van der Waals surface area contributed by atoms with Crippen LogP contribution in [0.4, 0.5) is 11.6 Å². The predicted octanol–water partition coefficient (Wildman–Crippen LogP) is 3.66. The van der Waals surface area contributed by atoms with Gasteiger partial charge in [-0.1, -0.05) is 46.0 Å². The maximum atomic E-state index is 4.20. The molecule has 0 spiro atoms. The van der Waals surface area contributed by atoms with Gasteiger partial charge >= 0.3 is 0 Å². The minimum Gasteiger partial charge on any atom is -0.373 e. The molecule has 126 valence electrons. The molecule has 1 aromatic rings. The van der Waals surface area contributed by atoms with Crippen LogP contribution < -0.4 is 16.0 Å². The molecule has 2 heterocycles. The quantitative estimate of drug-likeness (QED) is 0.671. The molecule has 3 N–H and O–H groups in total. The Balaban J connectivity index is 0.000000295. The van der Waals surface area contributed by atoms with E-state index >= 15 is 0 Å².